The van der Waals surface area contributed by atoms with Crippen molar-refractivity contribution in [2.45, 2.75) is 19.4 Å². The topological polar surface area (TPSA) is 84.1 Å². The molecule has 0 atom stereocenters. The zero-order valence-electron chi connectivity index (χ0n) is 14.0. The molecule has 0 saturated carbocycles. The molecule has 0 bridgehead atoms. The van der Waals surface area contributed by atoms with Crippen LogP contribution in [0.15, 0.2) is 36.8 Å². The third-order valence-corrected chi connectivity index (χ3v) is 4.72. The SMILES string of the molecule is NC(=O)c1cc(Cl)cnc1NCC1CCN(Cc2cccnc2)CC1. The van der Waals surface area contributed by atoms with Gasteiger partial charge in [-0.1, -0.05) is 17.7 Å². The molecule has 3 N–H and O–H groups in total. The fourth-order valence-corrected chi connectivity index (χ4v) is 3.27. The highest BCUT2D eigenvalue weighted by molar-refractivity contribution is 6.31. The predicted octanol–water partition coefficient (Wildman–Crippen LogP) is 2.55. The van der Waals surface area contributed by atoms with Gasteiger partial charge >= 0.3 is 0 Å². The fraction of sp³-hybridized carbons (Fsp3) is 0.389. The number of hydrogen-bond acceptors (Lipinski definition) is 5. The van der Waals surface area contributed by atoms with Crippen molar-refractivity contribution in [3.05, 3.63) is 52.9 Å². The van der Waals surface area contributed by atoms with Crippen LogP contribution in [0, 0.1) is 5.92 Å². The van der Waals surface area contributed by atoms with E-state index >= 15 is 0 Å². The molecule has 1 aliphatic rings. The van der Waals surface area contributed by atoms with Crippen LogP contribution in [-0.4, -0.2) is 40.4 Å². The monoisotopic (exact) mass is 359 g/mol. The van der Waals surface area contributed by atoms with E-state index in [9.17, 15) is 4.79 Å². The number of primary amides is 1. The Labute approximate surface area is 152 Å². The Bertz CT molecular complexity index is 717. The van der Waals surface area contributed by atoms with Crippen LogP contribution in [0.4, 0.5) is 5.82 Å². The van der Waals surface area contributed by atoms with Crippen LogP contribution in [0.1, 0.15) is 28.8 Å². The van der Waals surface area contributed by atoms with Gasteiger partial charge in [0, 0.05) is 31.7 Å². The standard InChI is InChI=1S/C18H22ClN5O/c19-15-8-16(17(20)25)18(23-11-15)22-10-13-3-6-24(7-4-13)12-14-2-1-5-21-9-14/h1-2,5,8-9,11,13H,3-4,6-7,10,12H2,(H2,20,25)(H,22,23). The Morgan fingerprint density at radius 2 is 2.16 bits per heavy atom. The molecule has 25 heavy (non-hydrogen) atoms. The van der Waals surface area contributed by atoms with Crippen molar-refractivity contribution in [2.75, 3.05) is 25.0 Å². The van der Waals surface area contributed by atoms with E-state index in [-0.39, 0.29) is 0 Å². The summed E-state index contributed by atoms with van der Waals surface area (Å²) >= 11 is 5.88. The van der Waals surface area contributed by atoms with Gasteiger partial charge in [0.05, 0.1) is 10.6 Å². The van der Waals surface area contributed by atoms with Crippen LogP contribution >= 0.6 is 11.6 Å². The summed E-state index contributed by atoms with van der Waals surface area (Å²) in [5.41, 5.74) is 6.97. The van der Waals surface area contributed by atoms with Crippen LogP contribution < -0.4 is 11.1 Å². The average Bonchev–Trinajstić information content (AvgIpc) is 2.62. The van der Waals surface area contributed by atoms with Crippen molar-refractivity contribution < 1.29 is 4.79 Å². The number of piperidine rings is 1. The molecule has 3 heterocycles. The average molecular weight is 360 g/mol. The number of amides is 1. The van der Waals surface area contributed by atoms with Crippen LogP contribution in [0.3, 0.4) is 0 Å². The Morgan fingerprint density at radius 3 is 2.84 bits per heavy atom. The number of hydrogen-bond donors (Lipinski definition) is 2. The van der Waals surface area contributed by atoms with Gasteiger partial charge in [-0.2, -0.15) is 0 Å². The number of rotatable bonds is 6. The largest absolute Gasteiger partial charge is 0.369 e. The Morgan fingerprint density at radius 1 is 1.36 bits per heavy atom. The van der Waals surface area contributed by atoms with Gasteiger partial charge in [-0.05, 0) is 49.5 Å². The van der Waals surface area contributed by atoms with Gasteiger partial charge < -0.3 is 11.1 Å². The molecule has 0 radical (unpaired) electrons. The minimum absolute atomic E-state index is 0.335. The molecule has 0 aliphatic carbocycles. The second-order valence-electron chi connectivity index (χ2n) is 6.38. The van der Waals surface area contributed by atoms with E-state index in [2.05, 4.69) is 26.3 Å². The first-order chi connectivity index (χ1) is 12.1. The van der Waals surface area contributed by atoms with Gasteiger partial charge in [0.2, 0.25) is 0 Å². The Hall–Kier alpha value is -2.18. The molecule has 1 saturated heterocycles. The predicted molar refractivity (Wildman–Crippen MR) is 98.5 cm³/mol. The summed E-state index contributed by atoms with van der Waals surface area (Å²) in [4.78, 5) is 22.3. The summed E-state index contributed by atoms with van der Waals surface area (Å²) in [6, 6.07) is 5.63. The summed E-state index contributed by atoms with van der Waals surface area (Å²) in [5.74, 6) is 0.529. The first-order valence-corrected chi connectivity index (χ1v) is 8.80. The lowest BCUT2D eigenvalue weighted by Crippen LogP contribution is -2.35. The molecular formula is C18H22ClN5O. The smallest absolute Gasteiger partial charge is 0.252 e. The van der Waals surface area contributed by atoms with Gasteiger partial charge in [0.1, 0.15) is 5.82 Å². The second kappa shape index (κ2) is 8.27. The van der Waals surface area contributed by atoms with Gasteiger partial charge in [-0.25, -0.2) is 4.98 Å². The van der Waals surface area contributed by atoms with Crippen LogP contribution in [0.5, 0.6) is 0 Å². The summed E-state index contributed by atoms with van der Waals surface area (Å²) in [6.45, 7) is 3.82. The van der Waals surface area contributed by atoms with Gasteiger partial charge in [0.15, 0.2) is 0 Å². The molecule has 0 spiro atoms. The highest BCUT2D eigenvalue weighted by atomic mass is 35.5. The second-order valence-corrected chi connectivity index (χ2v) is 6.81. The lowest BCUT2D eigenvalue weighted by Gasteiger charge is -2.32. The highest BCUT2D eigenvalue weighted by Gasteiger charge is 2.20. The highest BCUT2D eigenvalue weighted by Crippen LogP contribution is 2.21. The molecule has 1 fully saturated rings. The van der Waals surface area contributed by atoms with Crippen molar-refractivity contribution >= 4 is 23.3 Å². The lowest BCUT2D eigenvalue weighted by atomic mass is 9.96. The third-order valence-electron chi connectivity index (χ3n) is 4.51. The molecular weight excluding hydrogens is 338 g/mol. The van der Waals surface area contributed by atoms with Crippen molar-refractivity contribution in [3.63, 3.8) is 0 Å². The zero-order chi connectivity index (χ0) is 17.6. The molecule has 2 aromatic heterocycles. The van der Waals surface area contributed by atoms with Crippen molar-refractivity contribution in [1.82, 2.24) is 14.9 Å². The Kier molecular flexibility index (Phi) is 5.83. The molecule has 0 unspecified atom stereocenters. The van der Waals surface area contributed by atoms with E-state index in [1.165, 1.54) is 11.8 Å². The van der Waals surface area contributed by atoms with Gasteiger partial charge in [-0.3, -0.25) is 14.7 Å². The summed E-state index contributed by atoms with van der Waals surface area (Å²) < 4.78 is 0. The summed E-state index contributed by atoms with van der Waals surface area (Å²) in [5, 5.41) is 3.66. The first kappa shape index (κ1) is 17.6. The Balaban J connectivity index is 1.49. The quantitative estimate of drug-likeness (QED) is 0.828. The summed E-state index contributed by atoms with van der Waals surface area (Å²) in [7, 11) is 0. The van der Waals surface area contributed by atoms with Crippen LogP contribution in [0.25, 0.3) is 0 Å². The first-order valence-electron chi connectivity index (χ1n) is 8.42. The maximum absolute atomic E-state index is 11.5. The maximum atomic E-state index is 11.5. The molecule has 6 nitrogen and oxygen atoms in total. The van der Waals surface area contributed by atoms with Crippen LogP contribution in [0.2, 0.25) is 5.02 Å². The number of anilines is 1. The molecule has 3 rings (SSSR count). The number of likely N-dealkylation sites (tertiary alicyclic amines) is 1. The third kappa shape index (κ3) is 4.90. The number of carbonyl (C=O) groups excluding carboxylic acids is 1. The molecule has 2 aromatic rings. The number of nitrogens with one attached hydrogen (secondary N) is 1. The lowest BCUT2D eigenvalue weighted by molar-refractivity contribution is 0.100. The maximum Gasteiger partial charge on any atom is 0.252 e. The molecule has 7 heteroatoms. The molecule has 1 aliphatic heterocycles. The molecule has 0 aromatic carbocycles. The van der Waals surface area contributed by atoms with E-state index in [0.717, 1.165) is 39.0 Å². The van der Waals surface area contributed by atoms with E-state index in [1.807, 2.05) is 12.3 Å². The zero-order valence-corrected chi connectivity index (χ0v) is 14.7. The number of nitrogens with zero attached hydrogens (tertiary/aromatic N) is 3. The normalized spacial score (nSPS) is 15.9. The van der Waals surface area contributed by atoms with E-state index < -0.39 is 5.91 Å². The van der Waals surface area contributed by atoms with Crippen molar-refractivity contribution in [1.29, 1.82) is 0 Å². The fourth-order valence-electron chi connectivity index (χ4n) is 3.11. The van der Waals surface area contributed by atoms with E-state index in [4.69, 9.17) is 17.3 Å². The van der Waals surface area contributed by atoms with Crippen LogP contribution in [-0.2, 0) is 6.54 Å². The molecule has 1 amide bonds. The number of halogens is 1. The number of aromatic nitrogens is 2. The minimum Gasteiger partial charge on any atom is -0.369 e. The van der Waals surface area contributed by atoms with Gasteiger partial charge in [0.25, 0.3) is 5.91 Å². The number of carbonyl (C=O) groups is 1. The van der Waals surface area contributed by atoms with E-state index in [0.29, 0.717) is 22.3 Å². The van der Waals surface area contributed by atoms with Gasteiger partial charge in [-0.15, -0.1) is 0 Å². The minimum atomic E-state index is -0.524. The number of nitrogens with two attached hydrogens (primary N) is 1. The number of pyridine rings is 2. The van der Waals surface area contributed by atoms with E-state index in [1.54, 1.807) is 12.3 Å². The summed E-state index contributed by atoms with van der Waals surface area (Å²) in [6.07, 6.45) is 7.45. The van der Waals surface area contributed by atoms with Crippen molar-refractivity contribution in [3.8, 4) is 0 Å². The molecule has 132 valence electrons. The van der Waals surface area contributed by atoms with Crippen molar-refractivity contribution in [2.24, 2.45) is 11.7 Å².